The quantitative estimate of drug-likeness (QED) is 0.710. The number of likely N-dealkylation sites (tertiary alicyclic amines) is 1. The molecule has 27 heavy (non-hydrogen) atoms. The van der Waals surface area contributed by atoms with Gasteiger partial charge in [0.05, 0.1) is 6.04 Å². The number of amides is 1. The Hall–Kier alpha value is -2.89. The van der Waals surface area contributed by atoms with Crippen molar-refractivity contribution in [1.29, 1.82) is 0 Å². The number of fused-ring (bicyclic) bond motifs is 1. The van der Waals surface area contributed by atoms with Crippen molar-refractivity contribution in [3.05, 3.63) is 64.4 Å². The summed E-state index contributed by atoms with van der Waals surface area (Å²) in [6, 6.07) is 11.2. The number of rotatable bonds is 4. The minimum atomic E-state index is -0.138. The SMILES string of the molecule is CC(C)c1cc([C@H]2CCCN2C(=O)Cn2ccc3ccccc3c2=O)no1. The summed E-state index contributed by atoms with van der Waals surface area (Å²) in [5, 5.41) is 5.69. The van der Waals surface area contributed by atoms with Crippen molar-refractivity contribution in [2.45, 2.75) is 45.2 Å². The third-order valence-electron chi connectivity index (χ3n) is 5.22. The second-order valence-corrected chi connectivity index (χ2v) is 7.39. The molecule has 1 aromatic carbocycles. The maximum absolute atomic E-state index is 12.9. The highest BCUT2D eigenvalue weighted by molar-refractivity contribution is 5.82. The standard InChI is InChI=1S/C21H23N3O3/c1-14(2)19-12-17(22-27-19)18-8-5-10-24(18)20(25)13-23-11-9-15-6-3-4-7-16(15)21(23)26/h3-4,6-7,9,11-12,14,18H,5,8,10,13H2,1-2H3/t18-/m1/s1. The lowest BCUT2D eigenvalue weighted by atomic mass is 10.1. The Kier molecular flexibility index (Phi) is 4.56. The molecule has 1 saturated heterocycles. The molecule has 4 rings (SSSR count). The first kappa shape index (κ1) is 17.5. The maximum Gasteiger partial charge on any atom is 0.258 e. The van der Waals surface area contributed by atoms with Gasteiger partial charge in [0.2, 0.25) is 5.91 Å². The number of hydrogen-bond donors (Lipinski definition) is 0. The van der Waals surface area contributed by atoms with Crippen LogP contribution in [0, 0.1) is 0 Å². The third kappa shape index (κ3) is 3.27. The molecule has 0 N–H and O–H groups in total. The summed E-state index contributed by atoms with van der Waals surface area (Å²) in [6.07, 6.45) is 3.48. The van der Waals surface area contributed by atoms with Crippen LogP contribution in [0.2, 0.25) is 0 Å². The Morgan fingerprint density at radius 1 is 1.30 bits per heavy atom. The van der Waals surface area contributed by atoms with Crippen molar-refractivity contribution in [1.82, 2.24) is 14.6 Å². The van der Waals surface area contributed by atoms with Gasteiger partial charge in [-0.3, -0.25) is 9.59 Å². The normalized spacial score (nSPS) is 17.1. The highest BCUT2D eigenvalue weighted by atomic mass is 16.5. The van der Waals surface area contributed by atoms with Gasteiger partial charge < -0.3 is 14.0 Å². The van der Waals surface area contributed by atoms with E-state index in [1.54, 1.807) is 12.3 Å². The minimum Gasteiger partial charge on any atom is -0.361 e. The van der Waals surface area contributed by atoms with Crippen molar-refractivity contribution in [2.75, 3.05) is 6.54 Å². The zero-order valence-corrected chi connectivity index (χ0v) is 15.6. The molecule has 1 fully saturated rings. The molecular weight excluding hydrogens is 342 g/mol. The highest BCUT2D eigenvalue weighted by Crippen LogP contribution is 2.32. The van der Waals surface area contributed by atoms with Crippen LogP contribution in [0.25, 0.3) is 10.8 Å². The average molecular weight is 365 g/mol. The van der Waals surface area contributed by atoms with E-state index in [-0.39, 0.29) is 30.0 Å². The summed E-state index contributed by atoms with van der Waals surface area (Å²) in [7, 11) is 0. The van der Waals surface area contributed by atoms with Gasteiger partial charge in [-0.1, -0.05) is 37.2 Å². The van der Waals surface area contributed by atoms with Crippen LogP contribution in [-0.2, 0) is 11.3 Å². The van der Waals surface area contributed by atoms with Gasteiger partial charge in [-0.25, -0.2) is 0 Å². The first-order chi connectivity index (χ1) is 13.0. The Bertz CT molecular complexity index is 1030. The van der Waals surface area contributed by atoms with Crippen molar-refractivity contribution in [3.63, 3.8) is 0 Å². The molecule has 2 aromatic heterocycles. The molecular formula is C21H23N3O3. The number of aromatic nitrogens is 2. The van der Waals surface area contributed by atoms with E-state index in [2.05, 4.69) is 5.16 Å². The molecule has 0 spiro atoms. The van der Waals surface area contributed by atoms with E-state index in [1.807, 2.05) is 49.1 Å². The molecule has 1 aliphatic heterocycles. The molecule has 0 aliphatic carbocycles. The molecule has 3 heterocycles. The maximum atomic E-state index is 12.9. The molecule has 3 aromatic rings. The van der Waals surface area contributed by atoms with Gasteiger partial charge in [0.1, 0.15) is 18.0 Å². The van der Waals surface area contributed by atoms with Crippen molar-refractivity contribution >= 4 is 16.7 Å². The van der Waals surface area contributed by atoms with Gasteiger partial charge in [-0.05, 0) is 30.4 Å². The summed E-state index contributed by atoms with van der Waals surface area (Å²) in [6.45, 7) is 4.81. The highest BCUT2D eigenvalue weighted by Gasteiger charge is 2.32. The Labute approximate surface area is 157 Å². The van der Waals surface area contributed by atoms with E-state index in [0.29, 0.717) is 11.9 Å². The molecule has 1 amide bonds. The number of benzene rings is 1. The Balaban J connectivity index is 1.57. The average Bonchev–Trinajstić information content (AvgIpc) is 3.33. The van der Waals surface area contributed by atoms with Crippen LogP contribution in [0.4, 0.5) is 0 Å². The summed E-state index contributed by atoms with van der Waals surface area (Å²) in [4.78, 5) is 27.4. The predicted molar refractivity (Wildman–Crippen MR) is 102 cm³/mol. The molecule has 0 bridgehead atoms. The lowest BCUT2D eigenvalue weighted by Crippen LogP contribution is -2.36. The largest absolute Gasteiger partial charge is 0.361 e. The van der Waals surface area contributed by atoms with Gasteiger partial charge in [0.15, 0.2) is 0 Å². The summed E-state index contributed by atoms with van der Waals surface area (Å²) in [5.74, 6) is 1.02. The predicted octanol–water partition coefficient (Wildman–Crippen LogP) is 3.48. The zero-order valence-electron chi connectivity index (χ0n) is 15.6. The molecule has 1 atom stereocenters. The zero-order chi connectivity index (χ0) is 19.0. The first-order valence-electron chi connectivity index (χ1n) is 9.39. The lowest BCUT2D eigenvalue weighted by molar-refractivity contribution is -0.132. The number of hydrogen-bond acceptors (Lipinski definition) is 4. The van der Waals surface area contributed by atoms with Crippen LogP contribution in [0.3, 0.4) is 0 Å². The Morgan fingerprint density at radius 2 is 2.11 bits per heavy atom. The molecule has 0 saturated carbocycles. The van der Waals surface area contributed by atoms with Gasteiger partial charge in [0, 0.05) is 30.1 Å². The smallest absolute Gasteiger partial charge is 0.258 e. The molecule has 6 nitrogen and oxygen atoms in total. The van der Waals surface area contributed by atoms with Crippen LogP contribution in [0.5, 0.6) is 0 Å². The second kappa shape index (κ2) is 7.02. The fourth-order valence-corrected chi connectivity index (χ4v) is 3.70. The van der Waals surface area contributed by atoms with Gasteiger partial charge >= 0.3 is 0 Å². The van der Waals surface area contributed by atoms with E-state index in [4.69, 9.17) is 4.52 Å². The first-order valence-corrected chi connectivity index (χ1v) is 9.39. The van der Waals surface area contributed by atoms with Gasteiger partial charge in [-0.2, -0.15) is 0 Å². The molecule has 6 heteroatoms. The molecule has 0 unspecified atom stereocenters. The summed E-state index contributed by atoms with van der Waals surface area (Å²) in [5.41, 5.74) is 0.663. The Morgan fingerprint density at radius 3 is 2.89 bits per heavy atom. The van der Waals surface area contributed by atoms with Crippen LogP contribution < -0.4 is 5.56 Å². The van der Waals surface area contributed by atoms with E-state index in [1.165, 1.54) is 4.57 Å². The molecule has 140 valence electrons. The van der Waals surface area contributed by atoms with Crippen molar-refractivity contribution in [2.24, 2.45) is 0 Å². The van der Waals surface area contributed by atoms with Crippen LogP contribution in [0.1, 0.15) is 50.1 Å². The molecule has 1 aliphatic rings. The minimum absolute atomic E-state index is 0.0368. The second-order valence-electron chi connectivity index (χ2n) is 7.39. The summed E-state index contributed by atoms with van der Waals surface area (Å²) < 4.78 is 6.90. The van der Waals surface area contributed by atoms with E-state index >= 15 is 0 Å². The van der Waals surface area contributed by atoms with E-state index < -0.39 is 0 Å². The van der Waals surface area contributed by atoms with Crippen molar-refractivity contribution in [3.8, 4) is 0 Å². The van der Waals surface area contributed by atoms with Crippen LogP contribution in [-0.4, -0.2) is 27.1 Å². The fraction of sp³-hybridized carbons (Fsp3) is 0.381. The number of pyridine rings is 1. The number of carbonyl (C=O) groups excluding carboxylic acids is 1. The van der Waals surface area contributed by atoms with Gasteiger partial charge in [0.25, 0.3) is 5.56 Å². The van der Waals surface area contributed by atoms with E-state index in [9.17, 15) is 9.59 Å². The number of carbonyl (C=O) groups is 1. The van der Waals surface area contributed by atoms with Crippen LogP contribution in [0.15, 0.2) is 51.9 Å². The fourth-order valence-electron chi connectivity index (χ4n) is 3.70. The third-order valence-corrected chi connectivity index (χ3v) is 5.22. The number of nitrogens with zero attached hydrogens (tertiary/aromatic N) is 3. The lowest BCUT2D eigenvalue weighted by Gasteiger charge is -2.23. The van der Waals surface area contributed by atoms with Crippen LogP contribution >= 0.6 is 0 Å². The molecule has 0 radical (unpaired) electrons. The van der Waals surface area contributed by atoms with Crippen molar-refractivity contribution < 1.29 is 9.32 Å². The topological polar surface area (TPSA) is 68.3 Å². The van der Waals surface area contributed by atoms with E-state index in [0.717, 1.165) is 29.7 Å². The van der Waals surface area contributed by atoms with Gasteiger partial charge in [-0.15, -0.1) is 0 Å². The summed E-state index contributed by atoms with van der Waals surface area (Å²) >= 11 is 0. The monoisotopic (exact) mass is 365 g/mol.